The van der Waals surface area contributed by atoms with Crippen molar-refractivity contribution >= 4 is 11.9 Å². The van der Waals surface area contributed by atoms with E-state index in [0.29, 0.717) is 32.3 Å². The topological polar surface area (TPSA) is 63.6 Å². The molecule has 0 aliphatic heterocycles. The Morgan fingerprint density at radius 1 is 0.808 bits per heavy atom. The molecule has 26 heavy (non-hydrogen) atoms. The molecule has 1 saturated carbocycles. The molecule has 0 unspecified atom stereocenters. The molecule has 1 rings (SSSR count). The standard InChI is InChI=1S/C22H40O4/c1-18(2)12-10-8-6-4-3-5-7-9-11-17-26-22(25)20-15-13-19(14-16-20)21(23)24/h18-20H,3-17H2,1-2H3,(H,23,24). The Morgan fingerprint density at radius 3 is 1.77 bits per heavy atom. The van der Waals surface area contributed by atoms with E-state index in [1.807, 2.05) is 0 Å². The van der Waals surface area contributed by atoms with Crippen molar-refractivity contribution < 1.29 is 19.4 Å². The Bertz CT molecular complexity index is 384. The average molecular weight is 369 g/mol. The minimum absolute atomic E-state index is 0.0821. The number of aliphatic carboxylic acids is 1. The number of esters is 1. The number of ether oxygens (including phenoxy) is 1. The van der Waals surface area contributed by atoms with Crippen LogP contribution in [0.15, 0.2) is 0 Å². The highest BCUT2D eigenvalue weighted by Crippen LogP contribution is 2.29. The maximum Gasteiger partial charge on any atom is 0.308 e. The normalized spacial score (nSPS) is 20.3. The van der Waals surface area contributed by atoms with Crippen LogP contribution in [-0.2, 0) is 14.3 Å². The van der Waals surface area contributed by atoms with E-state index in [2.05, 4.69) is 13.8 Å². The molecule has 4 heteroatoms. The fourth-order valence-electron chi connectivity index (χ4n) is 3.76. The zero-order chi connectivity index (χ0) is 19.2. The summed E-state index contributed by atoms with van der Waals surface area (Å²) in [6.45, 7) is 5.11. The summed E-state index contributed by atoms with van der Waals surface area (Å²) in [5.74, 6) is -0.359. The van der Waals surface area contributed by atoms with Gasteiger partial charge in [0.25, 0.3) is 0 Å². The first-order valence-electron chi connectivity index (χ1n) is 10.9. The molecular weight excluding hydrogens is 328 g/mol. The number of carboxylic acids is 1. The Morgan fingerprint density at radius 2 is 1.27 bits per heavy atom. The molecule has 1 aliphatic carbocycles. The summed E-state index contributed by atoms with van der Waals surface area (Å²) in [5.41, 5.74) is 0. The fraction of sp³-hybridized carbons (Fsp3) is 0.909. The van der Waals surface area contributed by atoms with Crippen LogP contribution >= 0.6 is 0 Å². The third-order valence-electron chi connectivity index (χ3n) is 5.58. The Balaban J connectivity index is 1.87. The third kappa shape index (κ3) is 10.8. The molecule has 0 bridgehead atoms. The second-order valence-corrected chi connectivity index (χ2v) is 8.42. The first-order valence-corrected chi connectivity index (χ1v) is 10.9. The summed E-state index contributed by atoms with van der Waals surface area (Å²) in [7, 11) is 0. The van der Waals surface area contributed by atoms with Gasteiger partial charge in [-0.2, -0.15) is 0 Å². The Hall–Kier alpha value is -1.06. The molecule has 4 nitrogen and oxygen atoms in total. The molecule has 152 valence electrons. The van der Waals surface area contributed by atoms with Crippen LogP contribution in [0.1, 0.15) is 104 Å². The number of carbonyl (C=O) groups excluding carboxylic acids is 1. The van der Waals surface area contributed by atoms with Gasteiger partial charge >= 0.3 is 11.9 Å². The van der Waals surface area contributed by atoms with Gasteiger partial charge in [-0.3, -0.25) is 9.59 Å². The van der Waals surface area contributed by atoms with Crippen molar-refractivity contribution in [3.05, 3.63) is 0 Å². The second-order valence-electron chi connectivity index (χ2n) is 8.42. The van der Waals surface area contributed by atoms with Crippen molar-refractivity contribution in [1.82, 2.24) is 0 Å². The van der Waals surface area contributed by atoms with E-state index in [4.69, 9.17) is 9.84 Å². The first-order chi connectivity index (χ1) is 12.5. The molecule has 0 radical (unpaired) electrons. The Labute approximate surface area is 160 Å². The molecule has 0 saturated heterocycles. The van der Waals surface area contributed by atoms with Gasteiger partial charge in [0.05, 0.1) is 18.4 Å². The van der Waals surface area contributed by atoms with E-state index < -0.39 is 5.97 Å². The summed E-state index contributed by atoms with van der Waals surface area (Å²) in [6, 6.07) is 0. The van der Waals surface area contributed by atoms with Gasteiger partial charge in [0, 0.05) is 0 Å². The molecule has 0 aromatic rings. The predicted octanol–water partition coefficient (Wildman–Crippen LogP) is 5.98. The maximum absolute atomic E-state index is 12.0. The molecule has 0 spiro atoms. The van der Waals surface area contributed by atoms with E-state index in [0.717, 1.165) is 18.8 Å². The van der Waals surface area contributed by atoms with Gasteiger partial charge in [-0.15, -0.1) is 0 Å². The van der Waals surface area contributed by atoms with E-state index in [-0.39, 0.29) is 17.8 Å². The lowest BCUT2D eigenvalue weighted by molar-refractivity contribution is -0.152. The molecule has 0 aromatic carbocycles. The highest BCUT2D eigenvalue weighted by Gasteiger charge is 2.30. The lowest BCUT2D eigenvalue weighted by Crippen LogP contribution is -2.27. The van der Waals surface area contributed by atoms with Crippen LogP contribution in [0.5, 0.6) is 0 Å². The average Bonchev–Trinajstić information content (AvgIpc) is 2.62. The summed E-state index contributed by atoms with van der Waals surface area (Å²) in [4.78, 5) is 22.9. The molecule has 0 atom stereocenters. The first kappa shape index (κ1) is 23.0. The van der Waals surface area contributed by atoms with Crippen LogP contribution in [0.4, 0.5) is 0 Å². The van der Waals surface area contributed by atoms with Gasteiger partial charge in [-0.1, -0.05) is 71.6 Å². The third-order valence-corrected chi connectivity index (χ3v) is 5.58. The van der Waals surface area contributed by atoms with E-state index >= 15 is 0 Å². The number of carboxylic acid groups (broad SMARTS) is 1. The SMILES string of the molecule is CC(C)CCCCCCCCCCCOC(=O)C1CCC(C(=O)O)CC1. The predicted molar refractivity (Wildman–Crippen MR) is 105 cm³/mol. The summed E-state index contributed by atoms with van der Waals surface area (Å²) < 4.78 is 5.38. The number of unbranched alkanes of at least 4 members (excludes halogenated alkanes) is 8. The van der Waals surface area contributed by atoms with E-state index in [1.54, 1.807) is 0 Å². The Kier molecular flexibility index (Phi) is 12.4. The van der Waals surface area contributed by atoms with Crippen molar-refractivity contribution in [2.45, 2.75) is 104 Å². The van der Waals surface area contributed by atoms with Crippen LogP contribution in [0.25, 0.3) is 0 Å². The van der Waals surface area contributed by atoms with Gasteiger partial charge in [0.15, 0.2) is 0 Å². The fourth-order valence-corrected chi connectivity index (χ4v) is 3.76. The van der Waals surface area contributed by atoms with Crippen molar-refractivity contribution in [1.29, 1.82) is 0 Å². The van der Waals surface area contributed by atoms with E-state index in [9.17, 15) is 9.59 Å². The largest absolute Gasteiger partial charge is 0.481 e. The number of hydrogen-bond donors (Lipinski definition) is 1. The summed E-state index contributed by atoms with van der Waals surface area (Å²) >= 11 is 0. The maximum atomic E-state index is 12.0. The summed E-state index contributed by atoms with van der Waals surface area (Å²) in [5, 5.41) is 8.98. The highest BCUT2D eigenvalue weighted by molar-refractivity contribution is 5.74. The van der Waals surface area contributed by atoms with Gasteiger partial charge in [0.2, 0.25) is 0 Å². The van der Waals surface area contributed by atoms with Crippen LogP contribution in [0.3, 0.4) is 0 Å². The number of carbonyl (C=O) groups is 2. The zero-order valence-electron chi connectivity index (χ0n) is 17.0. The lowest BCUT2D eigenvalue weighted by Gasteiger charge is -2.24. The van der Waals surface area contributed by atoms with Crippen LogP contribution in [0.2, 0.25) is 0 Å². The van der Waals surface area contributed by atoms with Crippen molar-refractivity contribution in [2.75, 3.05) is 6.61 Å². The summed E-state index contributed by atoms with van der Waals surface area (Å²) in [6.07, 6.45) is 15.3. The van der Waals surface area contributed by atoms with Crippen LogP contribution in [-0.4, -0.2) is 23.7 Å². The quantitative estimate of drug-likeness (QED) is 0.303. The molecule has 1 N–H and O–H groups in total. The second kappa shape index (κ2) is 14.1. The number of rotatable bonds is 14. The van der Waals surface area contributed by atoms with Gasteiger partial charge in [-0.05, 0) is 38.0 Å². The molecule has 1 fully saturated rings. The highest BCUT2D eigenvalue weighted by atomic mass is 16.5. The van der Waals surface area contributed by atoms with Crippen molar-refractivity contribution in [2.24, 2.45) is 17.8 Å². The van der Waals surface area contributed by atoms with Gasteiger partial charge in [0.1, 0.15) is 0 Å². The molecular formula is C22H40O4. The smallest absolute Gasteiger partial charge is 0.308 e. The lowest BCUT2D eigenvalue weighted by atomic mass is 9.82. The van der Waals surface area contributed by atoms with Crippen LogP contribution < -0.4 is 0 Å². The molecule has 1 aliphatic rings. The molecule has 0 heterocycles. The van der Waals surface area contributed by atoms with E-state index in [1.165, 1.54) is 51.4 Å². The van der Waals surface area contributed by atoms with Gasteiger partial charge in [-0.25, -0.2) is 0 Å². The van der Waals surface area contributed by atoms with Gasteiger partial charge < -0.3 is 9.84 Å². The van der Waals surface area contributed by atoms with Crippen molar-refractivity contribution in [3.63, 3.8) is 0 Å². The monoisotopic (exact) mass is 368 g/mol. The minimum atomic E-state index is -0.729. The molecule has 0 amide bonds. The minimum Gasteiger partial charge on any atom is -0.481 e. The van der Waals surface area contributed by atoms with Crippen molar-refractivity contribution in [3.8, 4) is 0 Å². The zero-order valence-corrected chi connectivity index (χ0v) is 17.0. The number of hydrogen-bond acceptors (Lipinski definition) is 3. The van der Waals surface area contributed by atoms with Crippen LogP contribution in [0, 0.1) is 17.8 Å². The molecule has 0 aromatic heterocycles.